The third-order valence-electron chi connectivity index (χ3n) is 4.53. The molecule has 0 atom stereocenters. The van der Waals surface area contributed by atoms with Gasteiger partial charge >= 0.3 is 0 Å². The maximum Gasteiger partial charge on any atom is 0.288 e. The Morgan fingerprint density at radius 1 is 1.06 bits per heavy atom. The van der Waals surface area contributed by atoms with Crippen LogP contribution in [0, 0.1) is 5.41 Å². The molecule has 0 saturated carbocycles. The molecular formula is C24H29N7O2. The molecule has 0 fully saturated rings. The first-order valence-electron chi connectivity index (χ1n) is 10.2. The number of hydrogen-bond acceptors (Lipinski definition) is 6. The highest BCUT2D eigenvalue weighted by molar-refractivity contribution is 6.66. The van der Waals surface area contributed by atoms with Gasteiger partial charge in [0.25, 0.3) is 11.9 Å². The van der Waals surface area contributed by atoms with Crippen molar-refractivity contribution in [3.8, 4) is 0 Å². The maximum atomic E-state index is 12.1. The van der Waals surface area contributed by atoms with Gasteiger partial charge in [-0.1, -0.05) is 49.0 Å². The molecule has 0 saturated heterocycles. The van der Waals surface area contributed by atoms with Crippen LogP contribution in [0.5, 0.6) is 0 Å². The zero-order chi connectivity index (χ0) is 24.4. The number of benzene rings is 2. The lowest BCUT2D eigenvalue weighted by Gasteiger charge is -2.11. The normalized spacial score (nSPS) is 12.3. The van der Waals surface area contributed by atoms with Crippen LogP contribution in [0.1, 0.15) is 21.5 Å². The highest BCUT2D eigenvalue weighted by Crippen LogP contribution is 2.16. The van der Waals surface area contributed by atoms with Gasteiger partial charge in [0.1, 0.15) is 5.84 Å². The average Bonchev–Trinajstić information content (AvgIpc) is 2.82. The fourth-order valence-electron chi connectivity index (χ4n) is 2.72. The van der Waals surface area contributed by atoms with E-state index in [-0.39, 0.29) is 23.5 Å². The first kappa shape index (κ1) is 25.0. The second kappa shape index (κ2) is 11.9. The Labute approximate surface area is 193 Å². The summed E-state index contributed by atoms with van der Waals surface area (Å²) in [5.74, 6) is -0.534. The van der Waals surface area contributed by atoms with Crippen LogP contribution in [0.3, 0.4) is 0 Å². The van der Waals surface area contributed by atoms with Crippen LogP contribution in [0.15, 0.2) is 76.2 Å². The maximum absolute atomic E-state index is 12.1. The van der Waals surface area contributed by atoms with Crippen LogP contribution in [-0.4, -0.2) is 62.0 Å². The number of amidine groups is 2. The average molecular weight is 448 g/mol. The first-order chi connectivity index (χ1) is 15.7. The third-order valence-corrected chi connectivity index (χ3v) is 4.53. The molecule has 0 unspecified atom stereocenters. The van der Waals surface area contributed by atoms with Crippen molar-refractivity contribution < 1.29 is 9.53 Å². The molecule has 2 rings (SSSR count). The number of carbonyl (C=O) groups is 1. The van der Waals surface area contributed by atoms with Gasteiger partial charge in [0.2, 0.25) is 5.90 Å². The minimum Gasteiger partial charge on any atom is -0.405 e. The number of carbonyl (C=O) groups excluding carboxylic acids is 1. The lowest BCUT2D eigenvalue weighted by Crippen LogP contribution is -2.35. The van der Waals surface area contributed by atoms with E-state index in [4.69, 9.17) is 21.6 Å². The molecule has 33 heavy (non-hydrogen) atoms. The van der Waals surface area contributed by atoms with Crippen LogP contribution < -0.4 is 11.5 Å². The van der Waals surface area contributed by atoms with Crippen molar-refractivity contribution in [1.29, 1.82) is 5.41 Å². The molecule has 0 spiro atoms. The van der Waals surface area contributed by atoms with Crippen molar-refractivity contribution in [1.82, 2.24) is 4.90 Å². The Bertz CT molecular complexity index is 1090. The predicted octanol–water partition coefficient (Wildman–Crippen LogP) is 2.34. The molecule has 0 aliphatic heterocycles. The van der Waals surface area contributed by atoms with Crippen molar-refractivity contribution in [2.24, 2.45) is 26.4 Å². The highest BCUT2D eigenvalue weighted by Gasteiger charge is 2.16. The molecule has 172 valence electrons. The Balaban J connectivity index is 2.12. The van der Waals surface area contributed by atoms with Gasteiger partial charge in [-0.15, -0.1) is 0 Å². The molecule has 1 amide bonds. The number of nitrogens with one attached hydrogen (secondary N) is 1. The number of rotatable bonds is 8. The highest BCUT2D eigenvalue weighted by atomic mass is 16.5. The smallest absolute Gasteiger partial charge is 0.288 e. The minimum absolute atomic E-state index is 0.0161. The Morgan fingerprint density at radius 2 is 1.67 bits per heavy atom. The number of hydrogen-bond donors (Lipinski definition) is 3. The minimum atomic E-state index is -0.403. The molecule has 0 aromatic heterocycles. The van der Waals surface area contributed by atoms with E-state index < -0.39 is 5.90 Å². The molecule has 9 heteroatoms. The Morgan fingerprint density at radius 3 is 2.24 bits per heavy atom. The second-order valence-corrected chi connectivity index (χ2v) is 7.18. The first-order valence-corrected chi connectivity index (χ1v) is 10.2. The fraction of sp³-hybridized carbons (Fsp3) is 0.208. The van der Waals surface area contributed by atoms with Gasteiger partial charge in [0.05, 0.1) is 5.70 Å². The summed E-state index contributed by atoms with van der Waals surface area (Å²) in [7, 11) is 4.83. The Kier molecular flexibility index (Phi) is 9.05. The van der Waals surface area contributed by atoms with Gasteiger partial charge < -0.3 is 21.1 Å². The van der Waals surface area contributed by atoms with Crippen molar-refractivity contribution in [2.45, 2.75) is 6.42 Å². The van der Waals surface area contributed by atoms with Crippen LogP contribution in [-0.2, 0) is 11.2 Å². The molecule has 2 aromatic rings. The van der Waals surface area contributed by atoms with Crippen LogP contribution in [0.4, 0.5) is 0 Å². The molecule has 0 radical (unpaired) electrons. The summed E-state index contributed by atoms with van der Waals surface area (Å²) in [5.41, 5.74) is 14.3. The third kappa shape index (κ3) is 7.42. The second-order valence-electron chi connectivity index (χ2n) is 7.18. The molecule has 0 aliphatic carbocycles. The summed E-state index contributed by atoms with van der Waals surface area (Å²) in [6.07, 6.45) is 0.681. The number of nitrogens with two attached hydrogens (primary N) is 2. The summed E-state index contributed by atoms with van der Waals surface area (Å²) in [4.78, 5) is 25.9. The molecule has 5 N–H and O–H groups in total. The molecule has 0 aliphatic rings. The van der Waals surface area contributed by atoms with Gasteiger partial charge in [-0.2, -0.15) is 0 Å². The predicted molar refractivity (Wildman–Crippen MR) is 134 cm³/mol. The SMILES string of the molecule is C=C(N=C(C(=N)OC(N)=NCCc1ccccc1)C(N)=NC)c1ccc(C(=O)N(C)C)cc1. The van der Waals surface area contributed by atoms with E-state index in [1.807, 2.05) is 30.3 Å². The molecule has 0 bridgehead atoms. The van der Waals surface area contributed by atoms with Gasteiger partial charge in [-0.05, 0) is 29.7 Å². The Hall–Kier alpha value is -4.27. The van der Waals surface area contributed by atoms with Gasteiger partial charge in [-0.25, -0.2) is 9.98 Å². The summed E-state index contributed by atoms with van der Waals surface area (Å²) >= 11 is 0. The zero-order valence-corrected chi connectivity index (χ0v) is 19.1. The van der Waals surface area contributed by atoms with Crippen molar-refractivity contribution in [2.75, 3.05) is 27.7 Å². The lowest BCUT2D eigenvalue weighted by atomic mass is 10.1. The van der Waals surface area contributed by atoms with E-state index in [1.54, 1.807) is 38.4 Å². The van der Waals surface area contributed by atoms with Gasteiger partial charge in [0, 0.05) is 33.3 Å². The van der Waals surface area contributed by atoms with Crippen molar-refractivity contribution in [3.05, 3.63) is 77.9 Å². The van der Waals surface area contributed by atoms with E-state index in [0.717, 1.165) is 5.56 Å². The number of aliphatic imine (C=N–C) groups is 3. The monoisotopic (exact) mass is 447 g/mol. The van der Waals surface area contributed by atoms with E-state index in [2.05, 4.69) is 21.6 Å². The molecule has 2 aromatic carbocycles. The fourth-order valence-corrected chi connectivity index (χ4v) is 2.72. The van der Waals surface area contributed by atoms with E-state index in [9.17, 15) is 4.79 Å². The van der Waals surface area contributed by atoms with Crippen molar-refractivity contribution in [3.63, 3.8) is 0 Å². The van der Waals surface area contributed by atoms with Gasteiger partial charge in [0.15, 0.2) is 5.71 Å². The largest absolute Gasteiger partial charge is 0.405 e. The summed E-state index contributed by atoms with van der Waals surface area (Å²) < 4.78 is 5.32. The quantitative estimate of drug-likeness (QED) is 0.421. The molecular weight excluding hydrogens is 418 g/mol. The van der Waals surface area contributed by atoms with Crippen LogP contribution in [0.25, 0.3) is 5.70 Å². The molecule has 9 nitrogen and oxygen atoms in total. The van der Waals surface area contributed by atoms with E-state index >= 15 is 0 Å². The number of nitrogens with zero attached hydrogens (tertiary/aromatic N) is 4. The number of amides is 1. The summed E-state index contributed by atoms with van der Waals surface area (Å²) in [6, 6.07) is 16.4. The van der Waals surface area contributed by atoms with Crippen LogP contribution in [0.2, 0.25) is 0 Å². The van der Waals surface area contributed by atoms with Crippen LogP contribution >= 0.6 is 0 Å². The van der Waals surface area contributed by atoms with Gasteiger partial charge in [-0.3, -0.25) is 15.2 Å². The molecule has 0 heterocycles. The zero-order valence-electron chi connectivity index (χ0n) is 19.1. The standard InChI is InChI=1S/C24H29N7O2/c1-16(18-10-12-19(13-11-18)23(32)31(3)4)30-20(21(25)28-2)22(26)33-24(27)29-15-14-17-8-6-5-7-9-17/h5-13,26H,1,14-15H2,2-4H3,(H2,25,28)(H2,27,29). The lowest BCUT2D eigenvalue weighted by molar-refractivity contribution is 0.0827. The summed E-state index contributed by atoms with van der Waals surface area (Å²) in [6.45, 7) is 4.33. The summed E-state index contributed by atoms with van der Waals surface area (Å²) in [5, 5.41) is 8.24. The number of ether oxygens (including phenoxy) is 1. The van der Waals surface area contributed by atoms with E-state index in [0.29, 0.717) is 29.8 Å². The van der Waals surface area contributed by atoms with Crippen molar-refractivity contribution >= 4 is 35.1 Å². The topological polar surface area (TPSA) is 143 Å². The van der Waals surface area contributed by atoms with E-state index in [1.165, 1.54) is 11.9 Å².